The van der Waals surface area contributed by atoms with Crippen LogP contribution in [0.1, 0.15) is 31.4 Å². The second kappa shape index (κ2) is 5.99. The minimum atomic E-state index is -0.946. The molecule has 0 saturated heterocycles. The predicted octanol–water partition coefficient (Wildman–Crippen LogP) is 3.92. The first-order chi connectivity index (χ1) is 10.6. The number of aromatic hydroxyl groups is 1. The van der Waals surface area contributed by atoms with E-state index < -0.39 is 7.12 Å². The summed E-state index contributed by atoms with van der Waals surface area (Å²) in [6.45, 7) is 5.97. The summed E-state index contributed by atoms with van der Waals surface area (Å²) in [7, 11) is -0.946. The van der Waals surface area contributed by atoms with Crippen molar-refractivity contribution in [1.82, 2.24) is 0 Å². The Morgan fingerprint density at radius 1 is 1.27 bits per heavy atom. The van der Waals surface area contributed by atoms with Crippen molar-refractivity contribution in [3.05, 3.63) is 65.7 Å². The van der Waals surface area contributed by atoms with E-state index in [0.29, 0.717) is 6.42 Å². The molecule has 0 saturated carbocycles. The van der Waals surface area contributed by atoms with Gasteiger partial charge in [0.15, 0.2) is 0 Å². The van der Waals surface area contributed by atoms with Gasteiger partial charge >= 0.3 is 7.12 Å². The Bertz CT molecular complexity index is 751. The maximum atomic E-state index is 10.2. The van der Waals surface area contributed by atoms with Crippen LogP contribution in [0.4, 0.5) is 0 Å². The number of phenolic OH excluding ortho intramolecular Hbond substituents is 1. The lowest BCUT2D eigenvalue weighted by Gasteiger charge is -2.27. The molecule has 2 aromatic carbocycles. The van der Waals surface area contributed by atoms with Gasteiger partial charge < -0.3 is 14.8 Å². The third-order valence-electron chi connectivity index (χ3n) is 4.23. The van der Waals surface area contributed by atoms with Crippen LogP contribution in [0.3, 0.4) is 0 Å². The third-order valence-corrected chi connectivity index (χ3v) is 4.23. The normalized spacial score (nSPS) is 18.4. The van der Waals surface area contributed by atoms with Crippen molar-refractivity contribution in [1.29, 1.82) is 0 Å². The molecule has 0 fully saturated rings. The minimum absolute atomic E-state index is 0.228. The van der Waals surface area contributed by atoms with Crippen LogP contribution in [-0.4, -0.2) is 17.2 Å². The zero-order chi connectivity index (χ0) is 15.7. The molecule has 1 aliphatic rings. The fourth-order valence-electron chi connectivity index (χ4n) is 2.93. The summed E-state index contributed by atoms with van der Waals surface area (Å²) in [5.74, 6) is 0.256. The molecule has 2 aromatic rings. The van der Waals surface area contributed by atoms with Gasteiger partial charge in [-0.25, -0.2) is 0 Å². The zero-order valence-electron chi connectivity index (χ0n) is 12.6. The number of fused-ring (bicyclic) bond motifs is 1. The first kappa shape index (κ1) is 14.9. The van der Waals surface area contributed by atoms with Gasteiger partial charge in [0, 0.05) is 5.39 Å². The van der Waals surface area contributed by atoms with E-state index in [1.54, 1.807) is 6.07 Å². The van der Waals surface area contributed by atoms with Crippen LogP contribution in [0, 0.1) is 0 Å². The fourth-order valence-corrected chi connectivity index (χ4v) is 2.93. The topological polar surface area (TPSA) is 49.7 Å². The molecule has 1 atom stereocenters. The zero-order valence-corrected chi connectivity index (χ0v) is 12.6. The first-order valence-electron chi connectivity index (χ1n) is 7.54. The van der Waals surface area contributed by atoms with E-state index >= 15 is 0 Å². The Labute approximate surface area is 130 Å². The van der Waals surface area contributed by atoms with Crippen LogP contribution in [-0.2, 0) is 4.65 Å². The van der Waals surface area contributed by atoms with Gasteiger partial charge in [-0.2, -0.15) is 0 Å². The van der Waals surface area contributed by atoms with Gasteiger partial charge in [0.25, 0.3) is 0 Å². The number of rotatable bonds is 3. The summed E-state index contributed by atoms with van der Waals surface area (Å²) in [5.41, 5.74) is 2.66. The van der Waals surface area contributed by atoms with Gasteiger partial charge in [0.1, 0.15) is 5.75 Å². The predicted molar refractivity (Wildman–Crippen MR) is 89.5 cm³/mol. The summed E-state index contributed by atoms with van der Waals surface area (Å²) in [4.78, 5) is 0. The summed E-state index contributed by atoms with van der Waals surface area (Å²) < 4.78 is 5.80. The number of hydrogen-bond acceptors (Lipinski definition) is 3. The molecule has 0 aliphatic carbocycles. The number of phenols is 1. The second-order valence-corrected chi connectivity index (χ2v) is 5.55. The molecule has 2 N–H and O–H groups in total. The molecule has 0 amide bonds. The first-order valence-corrected chi connectivity index (χ1v) is 7.54. The van der Waals surface area contributed by atoms with Crippen molar-refractivity contribution in [2.75, 3.05) is 0 Å². The van der Waals surface area contributed by atoms with Crippen LogP contribution in [0.5, 0.6) is 5.75 Å². The lowest BCUT2D eigenvalue weighted by Crippen LogP contribution is -2.28. The van der Waals surface area contributed by atoms with Crippen molar-refractivity contribution in [2.45, 2.75) is 25.9 Å². The summed E-state index contributed by atoms with van der Waals surface area (Å²) in [6, 6.07) is 11.2. The Hall–Kier alpha value is -2.04. The molecule has 1 aliphatic heterocycles. The quantitative estimate of drug-likeness (QED) is 0.844. The maximum absolute atomic E-state index is 10.2. The number of hydrogen-bond donors (Lipinski definition) is 2. The highest BCUT2D eigenvalue weighted by atomic mass is 16.5. The summed E-state index contributed by atoms with van der Waals surface area (Å²) in [6.07, 6.45) is 3.25. The number of benzene rings is 2. The largest absolute Gasteiger partial charge is 0.507 e. The monoisotopic (exact) mass is 294 g/mol. The van der Waals surface area contributed by atoms with E-state index in [4.69, 9.17) is 4.65 Å². The molecular formula is C18H19BO3. The molecule has 4 heteroatoms. The van der Waals surface area contributed by atoms with Crippen molar-refractivity contribution in [3.63, 3.8) is 0 Å². The van der Waals surface area contributed by atoms with Gasteiger partial charge in [0.05, 0.1) is 6.10 Å². The number of allylic oxidation sites excluding steroid dienone is 2. The highest BCUT2D eigenvalue weighted by Crippen LogP contribution is 2.37. The van der Waals surface area contributed by atoms with Crippen LogP contribution in [0.25, 0.3) is 10.8 Å². The highest BCUT2D eigenvalue weighted by Gasteiger charge is 2.30. The smallest absolute Gasteiger partial charge is 0.491 e. The molecule has 0 bridgehead atoms. The molecule has 0 spiro atoms. The summed E-state index contributed by atoms with van der Waals surface area (Å²) in [5, 5.41) is 22.0. The van der Waals surface area contributed by atoms with Gasteiger partial charge in [-0.05, 0) is 35.3 Å². The lowest BCUT2D eigenvalue weighted by atomic mass is 9.70. The van der Waals surface area contributed by atoms with E-state index in [2.05, 4.69) is 6.58 Å². The molecule has 1 heterocycles. The lowest BCUT2D eigenvalue weighted by molar-refractivity contribution is 0.169. The third kappa shape index (κ3) is 2.56. The van der Waals surface area contributed by atoms with Crippen LogP contribution in [0.15, 0.2) is 60.1 Å². The Morgan fingerprint density at radius 3 is 2.68 bits per heavy atom. The Kier molecular flexibility index (Phi) is 4.05. The van der Waals surface area contributed by atoms with Gasteiger partial charge in [-0.15, -0.1) is 0 Å². The molecule has 1 unspecified atom stereocenters. The molecule has 112 valence electrons. The van der Waals surface area contributed by atoms with Crippen molar-refractivity contribution < 1.29 is 14.8 Å². The standard InChI is InChI=1S/C18H19BO3/c1-3-12(2)16-9-11-18(22-19(16)21)15-8-10-17(20)14-7-5-4-6-13(14)15/h4-10,18,20-21H,2-3,11H2,1H3. The van der Waals surface area contributed by atoms with Crippen LogP contribution in [0.2, 0.25) is 0 Å². The van der Waals surface area contributed by atoms with E-state index in [0.717, 1.165) is 33.8 Å². The molecule has 0 aromatic heterocycles. The second-order valence-electron chi connectivity index (χ2n) is 5.55. The van der Waals surface area contributed by atoms with Crippen molar-refractivity contribution in [3.8, 4) is 5.75 Å². The molecule has 3 rings (SSSR count). The van der Waals surface area contributed by atoms with E-state index in [1.807, 2.05) is 43.3 Å². The Morgan fingerprint density at radius 2 is 2.00 bits per heavy atom. The fraction of sp³-hybridized carbons (Fsp3) is 0.222. The van der Waals surface area contributed by atoms with E-state index in [1.165, 1.54) is 0 Å². The highest BCUT2D eigenvalue weighted by molar-refractivity contribution is 6.54. The van der Waals surface area contributed by atoms with Crippen molar-refractivity contribution in [2.24, 2.45) is 0 Å². The molecule has 0 radical (unpaired) electrons. The van der Waals surface area contributed by atoms with E-state index in [-0.39, 0.29) is 11.9 Å². The maximum Gasteiger partial charge on any atom is 0.491 e. The SMILES string of the molecule is C=C(CC)C1=CCC(c2ccc(O)c3ccccc23)OB1O. The van der Waals surface area contributed by atoms with Gasteiger partial charge in [-0.3, -0.25) is 0 Å². The van der Waals surface area contributed by atoms with Crippen LogP contribution < -0.4 is 0 Å². The molecule has 3 nitrogen and oxygen atoms in total. The van der Waals surface area contributed by atoms with Crippen molar-refractivity contribution >= 4 is 17.9 Å². The summed E-state index contributed by atoms with van der Waals surface area (Å²) >= 11 is 0. The molecular weight excluding hydrogens is 275 g/mol. The minimum Gasteiger partial charge on any atom is -0.507 e. The average molecular weight is 294 g/mol. The van der Waals surface area contributed by atoms with Crippen LogP contribution >= 0.6 is 0 Å². The Balaban J connectivity index is 1.99. The average Bonchev–Trinajstić information content (AvgIpc) is 2.55. The van der Waals surface area contributed by atoms with Gasteiger partial charge in [0.2, 0.25) is 0 Å². The van der Waals surface area contributed by atoms with Gasteiger partial charge in [-0.1, -0.05) is 55.5 Å². The molecule has 22 heavy (non-hydrogen) atoms. The van der Waals surface area contributed by atoms with E-state index in [9.17, 15) is 10.1 Å².